The van der Waals surface area contributed by atoms with Crippen LogP contribution in [0.15, 0.2) is 12.7 Å². The maximum absolute atomic E-state index is 11.6. The van der Waals surface area contributed by atoms with Crippen molar-refractivity contribution in [3.63, 3.8) is 0 Å². The summed E-state index contributed by atoms with van der Waals surface area (Å²) in [6, 6.07) is -1.09. The summed E-state index contributed by atoms with van der Waals surface area (Å²) in [7, 11) is 0. The van der Waals surface area contributed by atoms with Crippen LogP contribution in [0.25, 0.3) is 0 Å². The zero-order chi connectivity index (χ0) is 15.2. The predicted molar refractivity (Wildman–Crippen MR) is 75.3 cm³/mol. The number of rotatable bonds is 11. The first-order chi connectivity index (χ1) is 9.65. The van der Waals surface area contributed by atoms with Crippen molar-refractivity contribution in [1.82, 2.24) is 5.32 Å². The number of esters is 1. The number of hydrogen-bond acceptors (Lipinski definition) is 5. The molecule has 1 atom stereocenters. The van der Waals surface area contributed by atoms with Gasteiger partial charge in [-0.2, -0.15) is 0 Å². The Morgan fingerprint density at radius 2 is 1.95 bits per heavy atom. The Labute approximate surface area is 120 Å². The first-order valence-electron chi connectivity index (χ1n) is 6.97. The normalized spacial score (nSPS) is 11.5. The maximum Gasteiger partial charge on any atom is 0.408 e. The lowest BCUT2D eigenvalue weighted by molar-refractivity contribution is -0.147. The quantitative estimate of drug-likeness (QED) is 0.344. The van der Waals surface area contributed by atoms with Gasteiger partial charge in [-0.25, -0.2) is 9.59 Å². The third-order valence-corrected chi connectivity index (χ3v) is 2.58. The van der Waals surface area contributed by atoms with E-state index in [1.807, 2.05) is 0 Å². The van der Waals surface area contributed by atoms with Crippen LogP contribution in [0.2, 0.25) is 0 Å². The van der Waals surface area contributed by atoms with Crippen molar-refractivity contribution in [2.24, 2.45) is 0 Å². The summed E-state index contributed by atoms with van der Waals surface area (Å²) in [5.41, 5.74) is 0. The van der Waals surface area contributed by atoms with Gasteiger partial charge in [0.05, 0.1) is 13.2 Å². The third kappa shape index (κ3) is 9.38. The minimum absolute atomic E-state index is 0.0382. The fourth-order valence-corrected chi connectivity index (χ4v) is 1.48. The van der Waals surface area contributed by atoms with E-state index in [-0.39, 0.29) is 6.61 Å². The number of amides is 1. The van der Waals surface area contributed by atoms with Crippen LogP contribution in [0.1, 0.15) is 39.0 Å². The summed E-state index contributed by atoms with van der Waals surface area (Å²) in [6.45, 7) is 5.32. The number of hydrogen-bond donors (Lipinski definition) is 2. The Morgan fingerprint density at radius 3 is 2.55 bits per heavy atom. The molecule has 116 valence electrons. The number of aliphatic hydroxyl groups is 1. The van der Waals surface area contributed by atoms with E-state index in [9.17, 15) is 9.59 Å². The van der Waals surface area contributed by atoms with Gasteiger partial charge >= 0.3 is 12.1 Å². The van der Waals surface area contributed by atoms with E-state index in [1.54, 1.807) is 0 Å². The molecule has 0 aromatic heterocycles. The molecule has 0 spiro atoms. The molecule has 6 heteroatoms. The van der Waals surface area contributed by atoms with Crippen molar-refractivity contribution in [3.05, 3.63) is 12.7 Å². The van der Waals surface area contributed by atoms with Crippen LogP contribution in [0.4, 0.5) is 4.79 Å². The summed E-state index contributed by atoms with van der Waals surface area (Å²) < 4.78 is 9.65. The van der Waals surface area contributed by atoms with Gasteiger partial charge in [0.1, 0.15) is 6.61 Å². The monoisotopic (exact) mass is 287 g/mol. The number of carbonyl (C=O) groups is 2. The highest BCUT2D eigenvalue weighted by molar-refractivity contribution is 5.81. The van der Waals surface area contributed by atoms with E-state index in [4.69, 9.17) is 9.84 Å². The Hall–Kier alpha value is -1.56. The third-order valence-electron chi connectivity index (χ3n) is 2.58. The van der Waals surface area contributed by atoms with Crippen LogP contribution in [0, 0.1) is 0 Å². The molecule has 0 bridgehead atoms. The van der Waals surface area contributed by atoms with Crippen LogP contribution in [-0.4, -0.2) is 43.0 Å². The van der Waals surface area contributed by atoms with Gasteiger partial charge < -0.3 is 19.9 Å². The molecule has 0 aliphatic carbocycles. The Bertz CT molecular complexity index is 293. The van der Waals surface area contributed by atoms with Crippen LogP contribution in [0.3, 0.4) is 0 Å². The van der Waals surface area contributed by atoms with Crippen LogP contribution < -0.4 is 5.32 Å². The van der Waals surface area contributed by atoms with E-state index >= 15 is 0 Å². The maximum atomic E-state index is 11.6. The number of aliphatic hydroxyl groups excluding tert-OH is 1. The fraction of sp³-hybridized carbons (Fsp3) is 0.714. The molecule has 0 heterocycles. The topological polar surface area (TPSA) is 84.9 Å². The molecule has 20 heavy (non-hydrogen) atoms. The molecule has 0 aromatic carbocycles. The van der Waals surface area contributed by atoms with Gasteiger partial charge in [-0.1, -0.05) is 45.3 Å². The molecule has 0 aliphatic rings. The van der Waals surface area contributed by atoms with Gasteiger partial charge in [0.2, 0.25) is 0 Å². The minimum atomic E-state index is -1.09. The number of carbonyl (C=O) groups excluding carboxylic acids is 2. The fourth-order valence-electron chi connectivity index (χ4n) is 1.48. The minimum Gasteiger partial charge on any atom is -0.464 e. The van der Waals surface area contributed by atoms with Crippen molar-refractivity contribution in [2.45, 2.75) is 45.1 Å². The van der Waals surface area contributed by atoms with Gasteiger partial charge in [-0.15, -0.1) is 0 Å². The molecule has 0 aromatic rings. The molecule has 1 amide bonds. The van der Waals surface area contributed by atoms with Gasteiger partial charge in [0.15, 0.2) is 6.04 Å². The van der Waals surface area contributed by atoms with Crippen molar-refractivity contribution in [1.29, 1.82) is 0 Å². The number of unbranched alkanes of at least 4 members (excludes halogenated alkanes) is 4. The average molecular weight is 287 g/mol. The van der Waals surface area contributed by atoms with Gasteiger partial charge in [0.25, 0.3) is 0 Å². The van der Waals surface area contributed by atoms with E-state index < -0.39 is 24.7 Å². The highest BCUT2D eigenvalue weighted by Crippen LogP contribution is 2.03. The smallest absolute Gasteiger partial charge is 0.408 e. The van der Waals surface area contributed by atoms with Gasteiger partial charge in [-0.3, -0.25) is 0 Å². The van der Waals surface area contributed by atoms with Crippen LogP contribution >= 0.6 is 0 Å². The lowest BCUT2D eigenvalue weighted by Gasteiger charge is -2.15. The molecular weight excluding hydrogens is 262 g/mol. The largest absolute Gasteiger partial charge is 0.464 e. The van der Waals surface area contributed by atoms with Crippen LogP contribution in [-0.2, 0) is 14.3 Å². The SMILES string of the molecule is C=CCOC(=O)N[C@@H](CO)C(=O)OCCCCCCC. The Morgan fingerprint density at radius 1 is 1.25 bits per heavy atom. The molecule has 2 N–H and O–H groups in total. The van der Waals surface area contributed by atoms with Crippen molar-refractivity contribution >= 4 is 12.1 Å². The Kier molecular flexibility index (Phi) is 11.5. The predicted octanol–water partition coefficient (Wildman–Crippen LogP) is 1.77. The van der Waals surface area contributed by atoms with E-state index in [0.717, 1.165) is 25.7 Å². The van der Waals surface area contributed by atoms with Gasteiger partial charge in [0, 0.05) is 0 Å². The molecule has 0 aliphatic heterocycles. The summed E-state index contributed by atoms with van der Waals surface area (Å²) in [5, 5.41) is 11.3. The first-order valence-corrected chi connectivity index (χ1v) is 6.97. The second-order valence-electron chi connectivity index (χ2n) is 4.35. The molecular formula is C14H25NO5. The summed E-state index contributed by atoms with van der Waals surface area (Å²) in [4.78, 5) is 22.8. The number of ether oxygens (including phenoxy) is 2. The van der Waals surface area contributed by atoms with Crippen molar-refractivity contribution < 1.29 is 24.2 Å². The van der Waals surface area contributed by atoms with Crippen molar-refractivity contribution in [3.8, 4) is 0 Å². The summed E-state index contributed by atoms with van der Waals surface area (Å²) >= 11 is 0. The second-order valence-corrected chi connectivity index (χ2v) is 4.35. The number of nitrogens with one attached hydrogen (secondary N) is 1. The average Bonchev–Trinajstić information content (AvgIpc) is 2.45. The lowest BCUT2D eigenvalue weighted by atomic mass is 10.2. The second kappa shape index (κ2) is 12.5. The molecule has 0 fully saturated rings. The van der Waals surface area contributed by atoms with E-state index in [2.05, 4.69) is 23.6 Å². The molecule has 6 nitrogen and oxygen atoms in total. The summed E-state index contributed by atoms with van der Waals surface area (Å²) in [6.07, 6.45) is 5.84. The zero-order valence-electron chi connectivity index (χ0n) is 12.1. The molecule has 0 saturated heterocycles. The zero-order valence-corrected chi connectivity index (χ0v) is 12.1. The molecule has 0 saturated carbocycles. The molecule has 0 unspecified atom stereocenters. The highest BCUT2D eigenvalue weighted by Gasteiger charge is 2.21. The lowest BCUT2D eigenvalue weighted by Crippen LogP contribution is -2.44. The highest BCUT2D eigenvalue weighted by atomic mass is 16.6. The van der Waals surface area contributed by atoms with E-state index in [0.29, 0.717) is 6.61 Å². The number of alkyl carbamates (subject to hydrolysis) is 1. The summed E-state index contributed by atoms with van der Waals surface area (Å²) in [5.74, 6) is -0.654. The standard InChI is InChI=1S/C14H25NO5/c1-3-5-6-7-8-10-19-13(17)12(11-16)15-14(18)20-9-4-2/h4,12,16H,2-3,5-11H2,1H3,(H,15,18)/t12-/m0/s1. The Balaban J connectivity index is 3.84. The van der Waals surface area contributed by atoms with E-state index in [1.165, 1.54) is 12.5 Å². The van der Waals surface area contributed by atoms with Crippen molar-refractivity contribution in [2.75, 3.05) is 19.8 Å². The molecule has 0 rings (SSSR count). The van der Waals surface area contributed by atoms with Crippen LogP contribution in [0.5, 0.6) is 0 Å². The first kappa shape index (κ1) is 18.4. The van der Waals surface area contributed by atoms with Gasteiger partial charge in [-0.05, 0) is 6.42 Å². The molecule has 0 radical (unpaired) electrons.